The van der Waals surface area contributed by atoms with Crippen molar-refractivity contribution in [3.05, 3.63) is 47.8 Å². The van der Waals surface area contributed by atoms with Crippen molar-refractivity contribution in [1.29, 1.82) is 0 Å². The first-order valence-electron chi connectivity index (χ1n) is 7.20. The first kappa shape index (κ1) is 14.6. The average Bonchev–Trinajstić information content (AvgIpc) is 2.87. The van der Waals surface area contributed by atoms with Gasteiger partial charge in [0.25, 0.3) is 0 Å². The third-order valence-corrected chi connectivity index (χ3v) is 3.13. The summed E-state index contributed by atoms with van der Waals surface area (Å²) in [4.78, 5) is 0. The number of aryl methyl sites for hydroxylation is 1. The molecule has 0 spiro atoms. The van der Waals surface area contributed by atoms with Crippen LogP contribution in [0.3, 0.4) is 0 Å². The molecule has 4 nitrogen and oxygen atoms in total. The summed E-state index contributed by atoms with van der Waals surface area (Å²) in [5.74, 6) is 0.907. The summed E-state index contributed by atoms with van der Waals surface area (Å²) in [6.45, 7) is 5.80. The quantitative estimate of drug-likeness (QED) is 0.843. The molecule has 1 aromatic heterocycles. The SMILES string of the molecule is CCCNC(c1cccc(OCC)c1)c1ccn(C)n1. The Morgan fingerprint density at radius 2 is 2.15 bits per heavy atom. The summed E-state index contributed by atoms with van der Waals surface area (Å²) in [7, 11) is 1.94. The maximum Gasteiger partial charge on any atom is 0.119 e. The van der Waals surface area contributed by atoms with E-state index in [4.69, 9.17) is 4.74 Å². The molecule has 1 heterocycles. The Kier molecular flexibility index (Phi) is 5.18. The van der Waals surface area contributed by atoms with Gasteiger partial charge in [0, 0.05) is 13.2 Å². The van der Waals surface area contributed by atoms with Crippen LogP contribution in [0.25, 0.3) is 0 Å². The maximum atomic E-state index is 5.59. The van der Waals surface area contributed by atoms with Gasteiger partial charge in [-0.15, -0.1) is 0 Å². The van der Waals surface area contributed by atoms with Crippen LogP contribution in [0.2, 0.25) is 0 Å². The fourth-order valence-corrected chi connectivity index (χ4v) is 2.22. The second kappa shape index (κ2) is 7.10. The Balaban J connectivity index is 2.28. The third-order valence-electron chi connectivity index (χ3n) is 3.13. The van der Waals surface area contributed by atoms with Crippen molar-refractivity contribution >= 4 is 0 Å². The van der Waals surface area contributed by atoms with Crippen molar-refractivity contribution in [2.45, 2.75) is 26.3 Å². The monoisotopic (exact) mass is 273 g/mol. The molecular formula is C16H23N3O. The van der Waals surface area contributed by atoms with Gasteiger partial charge in [-0.1, -0.05) is 19.1 Å². The zero-order chi connectivity index (χ0) is 14.4. The van der Waals surface area contributed by atoms with Crippen LogP contribution in [-0.4, -0.2) is 22.9 Å². The fraction of sp³-hybridized carbons (Fsp3) is 0.438. The highest BCUT2D eigenvalue weighted by Gasteiger charge is 2.16. The molecular weight excluding hydrogens is 250 g/mol. The largest absolute Gasteiger partial charge is 0.494 e. The molecule has 1 atom stereocenters. The number of aromatic nitrogens is 2. The second-order valence-corrected chi connectivity index (χ2v) is 4.81. The van der Waals surface area contributed by atoms with Gasteiger partial charge in [-0.2, -0.15) is 5.10 Å². The Bertz CT molecular complexity index is 536. The molecule has 1 aromatic carbocycles. The summed E-state index contributed by atoms with van der Waals surface area (Å²) in [5, 5.41) is 8.08. The van der Waals surface area contributed by atoms with E-state index < -0.39 is 0 Å². The highest BCUT2D eigenvalue weighted by atomic mass is 16.5. The van der Waals surface area contributed by atoms with Crippen LogP contribution in [0.5, 0.6) is 5.75 Å². The molecule has 0 amide bonds. The van der Waals surface area contributed by atoms with E-state index in [1.54, 1.807) is 0 Å². The minimum atomic E-state index is 0.108. The number of nitrogens with zero attached hydrogens (tertiary/aromatic N) is 2. The van der Waals surface area contributed by atoms with Gasteiger partial charge in [0.2, 0.25) is 0 Å². The fourth-order valence-electron chi connectivity index (χ4n) is 2.22. The summed E-state index contributed by atoms with van der Waals surface area (Å²) in [5.41, 5.74) is 2.22. The summed E-state index contributed by atoms with van der Waals surface area (Å²) < 4.78 is 7.42. The van der Waals surface area contributed by atoms with E-state index in [0.29, 0.717) is 6.61 Å². The van der Waals surface area contributed by atoms with Crippen molar-refractivity contribution in [3.63, 3.8) is 0 Å². The summed E-state index contributed by atoms with van der Waals surface area (Å²) >= 11 is 0. The van der Waals surface area contributed by atoms with Gasteiger partial charge >= 0.3 is 0 Å². The summed E-state index contributed by atoms with van der Waals surface area (Å²) in [6.07, 6.45) is 3.07. The van der Waals surface area contributed by atoms with Crippen molar-refractivity contribution < 1.29 is 4.74 Å². The lowest BCUT2D eigenvalue weighted by Crippen LogP contribution is -2.23. The number of benzene rings is 1. The number of hydrogen-bond donors (Lipinski definition) is 1. The van der Waals surface area contributed by atoms with Gasteiger partial charge in [-0.25, -0.2) is 0 Å². The second-order valence-electron chi connectivity index (χ2n) is 4.81. The Morgan fingerprint density at radius 1 is 1.30 bits per heavy atom. The molecule has 1 unspecified atom stereocenters. The molecule has 1 N–H and O–H groups in total. The molecule has 0 aliphatic carbocycles. The molecule has 2 rings (SSSR count). The van der Waals surface area contributed by atoms with Crippen LogP contribution in [0, 0.1) is 0 Å². The summed E-state index contributed by atoms with van der Waals surface area (Å²) in [6, 6.07) is 10.4. The number of hydrogen-bond acceptors (Lipinski definition) is 3. The lowest BCUT2D eigenvalue weighted by atomic mass is 10.0. The molecule has 0 radical (unpaired) electrons. The van der Waals surface area contributed by atoms with Crippen LogP contribution in [-0.2, 0) is 7.05 Å². The standard InChI is InChI=1S/C16H23N3O/c1-4-10-17-16(15-9-11-19(3)18-15)13-7-6-8-14(12-13)20-5-2/h6-9,11-12,16-17H,4-5,10H2,1-3H3. The van der Waals surface area contributed by atoms with E-state index in [-0.39, 0.29) is 6.04 Å². The van der Waals surface area contributed by atoms with Crippen LogP contribution in [0.1, 0.15) is 37.6 Å². The lowest BCUT2D eigenvalue weighted by molar-refractivity contribution is 0.339. The number of rotatable bonds is 7. The molecule has 0 saturated carbocycles. The molecule has 0 saturated heterocycles. The normalized spacial score (nSPS) is 12.3. The van der Waals surface area contributed by atoms with Crippen LogP contribution in [0.15, 0.2) is 36.5 Å². The minimum Gasteiger partial charge on any atom is -0.494 e. The topological polar surface area (TPSA) is 39.1 Å². The van der Waals surface area contributed by atoms with Gasteiger partial charge in [-0.05, 0) is 43.7 Å². The predicted octanol–water partition coefficient (Wildman–Crippen LogP) is 2.91. The van der Waals surface area contributed by atoms with E-state index in [0.717, 1.165) is 24.4 Å². The van der Waals surface area contributed by atoms with Crippen molar-refractivity contribution in [3.8, 4) is 5.75 Å². The Morgan fingerprint density at radius 3 is 2.80 bits per heavy atom. The van der Waals surface area contributed by atoms with Gasteiger partial charge in [0.15, 0.2) is 0 Å². The van der Waals surface area contributed by atoms with Crippen LogP contribution in [0.4, 0.5) is 0 Å². The molecule has 0 aliphatic rings. The van der Waals surface area contributed by atoms with E-state index >= 15 is 0 Å². The lowest BCUT2D eigenvalue weighted by Gasteiger charge is -2.18. The minimum absolute atomic E-state index is 0.108. The Hall–Kier alpha value is -1.81. The zero-order valence-electron chi connectivity index (χ0n) is 12.5. The third kappa shape index (κ3) is 3.61. The smallest absolute Gasteiger partial charge is 0.119 e. The van der Waals surface area contributed by atoms with E-state index in [1.807, 2.05) is 37.0 Å². The molecule has 0 fully saturated rings. The van der Waals surface area contributed by atoms with Gasteiger partial charge in [-0.3, -0.25) is 4.68 Å². The van der Waals surface area contributed by atoms with Crippen LogP contribution < -0.4 is 10.1 Å². The van der Waals surface area contributed by atoms with Crippen molar-refractivity contribution in [1.82, 2.24) is 15.1 Å². The highest BCUT2D eigenvalue weighted by Crippen LogP contribution is 2.24. The highest BCUT2D eigenvalue weighted by molar-refractivity contribution is 5.34. The maximum absolute atomic E-state index is 5.59. The van der Waals surface area contributed by atoms with E-state index in [1.165, 1.54) is 5.56 Å². The van der Waals surface area contributed by atoms with Gasteiger partial charge < -0.3 is 10.1 Å². The first-order valence-corrected chi connectivity index (χ1v) is 7.20. The Labute approximate surface area is 120 Å². The van der Waals surface area contributed by atoms with Gasteiger partial charge in [0.05, 0.1) is 18.3 Å². The van der Waals surface area contributed by atoms with Crippen molar-refractivity contribution in [2.75, 3.05) is 13.2 Å². The number of nitrogens with one attached hydrogen (secondary N) is 1. The molecule has 0 bridgehead atoms. The predicted molar refractivity (Wildman–Crippen MR) is 81.0 cm³/mol. The van der Waals surface area contributed by atoms with Crippen molar-refractivity contribution in [2.24, 2.45) is 7.05 Å². The molecule has 0 aliphatic heterocycles. The average molecular weight is 273 g/mol. The van der Waals surface area contributed by atoms with E-state index in [9.17, 15) is 0 Å². The number of ether oxygens (including phenoxy) is 1. The molecule has 20 heavy (non-hydrogen) atoms. The first-order chi connectivity index (χ1) is 9.74. The van der Waals surface area contributed by atoms with Crippen LogP contribution >= 0.6 is 0 Å². The van der Waals surface area contributed by atoms with E-state index in [2.05, 4.69) is 35.5 Å². The zero-order valence-corrected chi connectivity index (χ0v) is 12.5. The molecule has 4 heteroatoms. The molecule has 2 aromatic rings. The molecule has 108 valence electrons. The van der Waals surface area contributed by atoms with Gasteiger partial charge in [0.1, 0.15) is 5.75 Å².